The number of aliphatic hydroxyl groups excluding tert-OH is 1. The van der Waals surface area contributed by atoms with Crippen LogP contribution in [0.25, 0.3) is 0 Å². The van der Waals surface area contributed by atoms with Gasteiger partial charge in [-0.2, -0.15) is 0 Å². The summed E-state index contributed by atoms with van der Waals surface area (Å²) in [5.74, 6) is -0.518. The molecule has 9 nitrogen and oxygen atoms in total. The van der Waals surface area contributed by atoms with E-state index in [9.17, 15) is 19.5 Å². The molecule has 1 N–H and O–H groups in total. The van der Waals surface area contributed by atoms with Crippen LogP contribution >= 0.6 is 0 Å². The average Bonchev–Trinajstić information content (AvgIpc) is 3.47. The number of ether oxygens (including phenoxy) is 2. The Morgan fingerprint density at radius 2 is 1.75 bits per heavy atom. The third kappa shape index (κ3) is 3.51. The van der Waals surface area contributed by atoms with E-state index in [0.29, 0.717) is 24.2 Å². The molecule has 3 atom stereocenters. The molecule has 0 aromatic heterocycles. The lowest BCUT2D eigenvalue weighted by atomic mass is 9.69. The number of hydrogen-bond donors (Lipinski definition) is 1. The minimum Gasteiger partial charge on any atom is -0.457 e. The molecule has 3 fully saturated rings. The van der Waals surface area contributed by atoms with Crippen LogP contribution in [-0.4, -0.2) is 89.6 Å². The maximum absolute atomic E-state index is 13.8. The summed E-state index contributed by atoms with van der Waals surface area (Å²) in [6.07, 6.45) is 1.56. The monoisotopic (exact) mass is 495 g/mol. The van der Waals surface area contributed by atoms with Crippen LogP contribution in [0.3, 0.4) is 0 Å². The van der Waals surface area contributed by atoms with E-state index in [1.807, 2.05) is 13.0 Å². The van der Waals surface area contributed by atoms with E-state index in [1.165, 1.54) is 0 Å². The molecule has 5 heterocycles. The molecule has 0 saturated carbocycles. The van der Waals surface area contributed by atoms with Crippen LogP contribution in [0.15, 0.2) is 23.4 Å². The Morgan fingerprint density at radius 1 is 1.06 bits per heavy atom. The number of rotatable bonds is 4. The van der Waals surface area contributed by atoms with Crippen molar-refractivity contribution in [2.24, 2.45) is 5.41 Å². The first kappa shape index (κ1) is 23.6. The highest BCUT2D eigenvalue weighted by atomic mass is 16.5. The van der Waals surface area contributed by atoms with E-state index in [2.05, 4.69) is 16.8 Å². The van der Waals surface area contributed by atoms with Crippen molar-refractivity contribution in [3.05, 3.63) is 45.7 Å². The van der Waals surface area contributed by atoms with Crippen molar-refractivity contribution >= 4 is 17.8 Å². The third-order valence-corrected chi connectivity index (χ3v) is 9.10. The second-order valence-electron chi connectivity index (χ2n) is 11.2. The zero-order chi connectivity index (χ0) is 25.4. The molecule has 9 heteroatoms. The van der Waals surface area contributed by atoms with Gasteiger partial charge in [0, 0.05) is 43.8 Å². The van der Waals surface area contributed by atoms with Gasteiger partial charge in [0.25, 0.3) is 0 Å². The van der Waals surface area contributed by atoms with Gasteiger partial charge in [0.05, 0.1) is 28.4 Å². The van der Waals surface area contributed by atoms with Gasteiger partial charge >= 0.3 is 11.9 Å². The third-order valence-electron chi connectivity index (χ3n) is 9.10. The van der Waals surface area contributed by atoms with Crippen molar-refractivity contribution in [1.29, 1.82) is 0 Å². The lowest BCUT2D eigenvalue weighted by molar-refractivity contribution is -0.144. The number of cyclic esters (lactones) is 2. The van der Waals surface area contributed by atoms with Gasteiger partial charge in [-0.15, -0.1) is 0 Å². The Hall–Kier alpha value is -2.75. The second-order valence-corrected chi connectivity index (χ2v) is 11.2. The highest BCUT2D eigenvalue weighted by Crippen LogP contribution is 2.49. The number of fused-ring (bicyclic) bond motifs is 3. The number of likely N-dealkylation sites (N-methyl/N-ethyl adjacent to an activating group) is 1. The lowest BCUT2D eigenvalue weighted by Gasteiger charge is -2.54. The van der Waals surface area contributed by atoms with E-state index >= 15 is 0 Å². The van der Waals surface area contributed by atoms with Gasteiger partial charge < -0.3 is 24.4 Å². The smallest absolute Gasteiger partial charge is 0.338 e. The number of likely N-dealkylation sites (tertiary alicyclic amines) is 2. The van der Waals surface area contributed by atoms with E-state index < -0.39 is 11.5 Å². The van der Waals surface area contributed by atoms with Crippen LogP contribution in [0.4, 0.5) is 0 Å². The van der Waals surface area contributed by atoms with E-state index in [1.54, 1.807) is 17.9 Å². The highest BCUT2D eigenvalue weighted by molar-refractivity contribution is 5.94. The summed E-state index contributed by atoms with van der Waals surface area (Å²) in [5, 5.41) is 11.3. The molecular weight excluding hydrogens is 462 g/mol. The first-order chi connectivity index (χ1) is 17.2. The van der Waals surface area contributed by atoms with Crippen LogP contribution in [0, 0.1) is 12.3 Å². The summed E-state index contributed by atoms with van der Waals surface area (Å²) >= 11 is 0. The quantitative estimate of drug-likeness (QED) is 0.628. The van der Waals surface area contributed by atoms with Crippen molar-refractivity contribution < 1.29 is 29.0 Å². The summed E-state index contributed by atoms with van der Waals surface area (Å²) < 4.78 is 10.4. The number of aliphatic hydroxyl groups is 1. The molecule has 6 rings (SSSR count). The van der Waals surface area contributed by atoms with E-state index in [-0.39, 0.29) is 43.1 Å². The number of carbonyl (C=O) groups excluding carboxylic acids is 3. The normalized spacial score (nSPS) is 31.3. The molecule has 0 radical (unpaired) electrons. The number of piperidine rings is 1. The predicted molar refractivity (Wildman–Crippen MR) is 129 cm³/mol. The van der Waals surface area contributed by atoms with E-state index in [0.717, 1.165) is 54.7 Å². The average molecular weight is 496 g/mol. The first-order valence-electron chi connectivity index (χ1n) is 12.8. The zero-order valence-electron chi connectivity index (χ0n) is 21.1. The van der Waals surface area contributed by atoms with Crippen molar-refractivity contribution in [3.8, 4) is 0 Å². The van der Waals surface area contributed by atoms with Gasteiger partial charge in [0.1, 0.15) is 13.2 Å². The molecule has 3 saturated heterocycles. The van der Waals surface area contributed by atoms with Gasteiger partial charge in [-0.3, -0.25) is 9.69 Å². The molecule has 1 aromatic rings. The Kier molecular flexibility index (Phi) is 5.51. The van der Waals surface area contributed by atoms with Gasteiger partial charge in [0.2, 0.25) is 5.91 Å². The fourth-order valence-electron chi connectivity index (χ4n) is 7.18. The Bertz CT molecular complexity index is 1180. The summed E-state index contributed by atoms with van der Waals surface area (Å²) in [4.78, 5) is 44.1. The van der Waals surface area contributed by atoms with Crippen molar-refractivity contribution in [2.45, 2.75) is 57.9 Å². The molecule has 192 valence electrons. The fourth-order valence-corrected chi connectivity index (χ4v) is 7.18. The molecule has 1 amide bonds. The van der Waals surface area contributed by atoms with Gasteiger partial charge in [-0.25, -0.2) is 9.59 Å². The largest absolute Gasteiger partial charge is 0.457 e. The molecule has 36 heavy (non-hydrogen) atoms. The number of amides is 1. The maximum atomic E-state index is 13.8. The summed E-state index contributed by atoms with van der Waals surface area (Å²) in [7, 11) is 2.12. The number of piperazine rings is 1. The van der Waals surface area contributed by atoms with Gasteiger partial charge in [-0.05, 0) is 57.4 Å². The minimum atomic E-state index is -0.696. The Balaban J connectivity index is 1.22. The first-order valence-corrected chi connectivity index (χ1v) is 12.8. The molecule has 1 spiro atoms. The highest BCUT2D eigenvalue weighted by Gasteiger charge is 2.56. The van der Waals surface area contributed by atoms with Crippen LogP contribution in [0.2, 0.25) is 0 Å². The van der Waals surface area contributed by atoms with Crippen LogP contribution < -0.4 is 0 Å². The standard InChI is InChI=1S/C27H33N3O6/c1-15-19(4-5-20-21(15)13-35-25(20)33)23(31)12-30-17-8-27(9-18(30)11-28(3)10-17)6-7-29(26(27)34)22-14-36-24(32)16(22)2/h4-5,17-18,23,31H,6-14H2,1-3H3. The number of nitrogens with zero attached hydrogens (tertiary/aromatic N) is 3. The molecule has 0 aliphatic carbocycles. The minimum absolute atomic E-state index is 0.119. The number of benzene rings is 1. The van der Waals surface area contributed by atoms with Gasteiger partial charge in [-0.1, -0.05) is 6.07 Å². The molecule has 3 unspecified atom stereocenters. The SMILES string of the molecule is CC1=C(N2CCC3(CC4CN(C)CC(C3)N4CC(O)c3ccc4c(c3C)COC4=O)C2=O)COC1=O. The van der Waals surface area contributed by atoms with Crippen LogP contribution in [-0.2, 0) is 25.7 Å². The lowest BCUT2D eigenvalue weighted by Crippen LogP contribution is -2.65. The predicted octanol–water partition coefficient (Wildman–Crippen LogP) is 1.53. The van der Waals surface area contributed by atoms with E-state index in [4.69, 9.17) is 9.47 Å². The molecular formula is C27H33N3O6. The van der Waals surface area contributed by atoms with Crippen LogP contribution in [0.5, 0.6) is 0 Å². The molecule has 5 aliphatic rings. The van der Waals surface area contributed by atoms with Crippen molar-refractivity contribution in [2.75, 3.05) is 39.8 Å². The molecule has 5 aliphatic heterocycles. The maximum Gasteiger partial charge on any atom is 0.338 e. The number of hydrogen-bond acceptors (Lipinski definition) is 8. The van der Waals surface area contributed by atoms with Crippen molar-refractivity contribution in [1.82, 2.24) is 14.7 Å². The summed E-state index contributed by atoms with van der Waals surface area (Å²) in [6.45, 7) is 6.90. The summed E-state index contributed by atoms with van der Waals surface area (Å²) in [6, 6.07) is 3.91. The van der Waals surface area contributed by atoms with Crippen LogP contribution in [0.1, 0.15) is 59.3 Å². The molecule has 2 bridgehead atoms. The number of carbonyl (C=O) groups is 3. The second kappa shape index (κ2) is 8.39. The topological polar surface area (TPSA) is 99.6 Å². The fraction of sp³-hybridized carbons (Fsp3) is 0.593. The Morgan fingerprint density at radius 3 is 2.42 bits per heavy atom. The summed E-state index contributed by atoms with van der Waals surface area (Å²) in [5.41, 5.74) is 4.03. The molecule has 1 aromatic carbocycles. The van der Waals surface area contributed by atoms with Gasteiger partial charge in [0.15, 0.2) is 0 Å². The zero-order valence-corrected chi connectivity index (χ0v) is 21.1. The van der Waals surface area contributed by atoms with Crippen molar-refractivity contribution in [3.63, 3.8) is 0 Å². The Labute approximate surface area is 210 Å². The number of esters is 2.